The fraction of sp³-hybridized carbons (Fsp3) is 0.733. The van der Waals surface area contributed by atoms with Crippen LogP contribution in [0, 0.1) is 11.8 Å². The standard InChI is InChI=1S/C15H24N4O/c1-11-3-2-4-13(11)15(20)18-8-5-12(6-9-18)19-10-7-14(16)17-19/h7,10-13H,2-6,8-9H2,1H3,(H2,16,17). The van der Waals surface area contributed by atoms with Crippen LogP contribution in [0.15, 0.2) is 12.3 Å². The lowest BCUT2D eigenvalue weighted by molar-refractivity contribution is -0.137. The first-order valence-corrected chi connectivity index (χ1v) is 7.74. The fourth-order valence-corrected chi connectivity index (χ4v) is 3.65. The molecule has 110 valence electrons. The molecule has 1 saturated carbocycles. The van der Waals surface area contributed by atoms with Gasteiger partial charge in [-0.05, 0) is 37.7 Å². The first kappa shape index (κ1) is 13.5. The van der Waals surface area contributed by atoms with E-state index in [1.54, 1.807) is 0 Å². The number of nitrogen functional groups attached to an aromatic ring is 1. The minimum absolute atomic E-state index is 0.270. The lowest BCUT2D eigenvalue weighted by atomic mass is 9.95. The van der Waals surface area contributed by atoms with Crippen LogP contribution in [0.5, 0.6) is 0 Å². The second kappa shape index (κ2) is 5.46. The number of amides is 1. The zero-order chi connectivity index (χ0) is 14.1. The molecule has 3 rings (SSSR count). The molecule has 1 amide bonds. The summed E-state index contributed by atoms with van der Waals surface area (Å²) in [5.41, 5.74) is 5.66. The third-order valence-electron chi connectivity index (χ3n) is 4.96. The Bertz CT molecular complexity index is 476. The highest BCUT2D eigenvalue weighted by Crippen LogP contribution is 2.34. The number of anilines is 1. The Hall–Kier alpha value is -1.52. The van der Waals surface area contributed by atoms with Crippen LogP contribution in [-0.4, -0.2) is 33.7 Å². The largest absolute Gasteiger partial charge is 0.382 e. The quantitative estimate of drug-likeness (QED) is 0.899. The van der Waals surface area contributed by atoms with Crippen molar-refractivity contribution >= 4 is 11.7 Å². The fourth-order valence-electron chi connectivity index (χ4n) is 3.65. The summed E-state index contributed by atoms with van der Waals surface area (Å²) >= 11 is 0. The highest BCUT2D eigenvalue weighted by molar-refractivity contribution is 5.79. The number of aromatic nitrogens is 2. The molecule has 2 atom stereocenters. The number of hydrogen-bond donors (Lipinski definition) is 1. The smallest absolute Gasteiger partial charge is 0.225 e. The van der Waals surface area contributed by atoms with Gasteiger partial charge in [0.2, 0.25) is 5.91 Å². The highest BCUT2D eigenvalue weighted by atomic mass is 16.2. The number of carbonyl (C=O) groups excluding carboxylic acids is 1. The van der Waals surface area contributed by atoms with Gasteiger partial charge >= 0.3 is 0 Å². The van der Waals surface area contributed by atoms with E-state index in [4.69, 9.17) is 5.73 Å². The monoisotopic (exact) mass is 276 g/mol. The molecule has 2 aliphatic rings. The molecule has 0 radical (unpaired) electrons. The van der Waals surface area contributed by atoms with Gasteiger partial charge in [0.15, 0.2) is 0 Å². The van der Waals surface area contributed by atoms with E-state index in [2.05, 4.69) is 16.9 Å². The summed E-state index contributed by atoms with van der Waals surface area (Å²) in [6.07, 6.45) is 7.40. The van der Waals surface area contributed by atoms with Gasteiger partial charge in [-0.25, -0.2) is 0 Å². The maximum atomic E-state index is 12.5. The van der Waals surface area contributed by atoms with Crippen molar-refractivity contribution in [3.8, 4) is 0 Å². The zero-order valence-electron chi connectivity index (χ0n) is 12.2. The molecule has 5 nitrogen and oxygen atoms in total. The van der Waals surface area contributed by atoms with Gasteiger partial charge in [-0.15, -0.1) is 0 Å². The normalized spacial score (nSPS) is 27.9. The second-order valence-corrected chi connectivity index (χ2v) is 6.29. The molecule has 2 heterocycles. The summed E-state index contributed by atoms with van der Waals surface area (Å²) in [7, 11) is 0. The first-order chi connectivity index (χ1) is 9.65. The van der Waals surface area contributed by atoms with Crippen LogP contribution in [0.25, 0.3) is 0 Å². The number of rotatable bonds is 2. The number of hydrogen-bond acceptors (Lipinski definition) is 3. The summed E-state index contributed by atoms with van der Waals surface area (Å²) in [4.78, 5) is 14.6. The minimum Gasteiger partial charge on any atom is -0.382 e. The molecule has 1 saturated heterocycles. The van der Waals surface area contributed by atoms with Crippen LogP contribution in [-0.2, 0) is 4.79 Å². The second-order valence-electron chi connectivity index (χ2n) is 6.29. The SMILES string of the molecule is CC1CCCC1C(=O)N1CCC(n2ccc(N)n2)CC1. The number of piperidine rings is 1. The number of nitrogens with zero attached hydrogens (tertiary/aromatic N) is 3. The summed E-state index contributed by atoms with van der Waals surface area (Å²) in [5.74, 6) is 1.79. The number of nitrogens with two attached hydrogens (primary N) is 1. The Morgan fingerprint density at radius 1 is 1.30 bits per heavy atom. The topological polar surface area (TPSA) is 64.2 Å². The molecule has 0 bridgehead atoms. The Morgan fingerprint density at radius 3 is 2.60 bits per heavy atom. The molecular formula is C15H24N4O. The van der Waals surface area contributed by atoms with E-state index >= 15 is 0 Å². The number of likely N-dealkylation sites (tertiary alicyclic amines) is 1. The molecule has 0 spiro atoms. The Balaban J connectivity index is 1.57. The van der Waals surface area contributed by atoms with Crippen molar-refractivity contribution in [3.05, 3.63) is 12.3 Å². The third kappa shape index (κ3) is 2.53. The van der Waals surface area contributed by atoms with E-state index in [9.17, 15) is 4.79 Å². The lowest BCUT2D eigenvalue weighted by Crippen LogP contribution is -2.42. The van der Waals surface area contributed by atoms with E-state index in [0.717, 1.165) is 32.4 Å². The number of carbonyl (C=O) groups is 1. The van der Waals surface area contributed by atoms with Crippen LogP contribution >= 0.6 is 0 Å². The molecule has 2 unspecified atom stereocenters. The van der Waals surface area contributed by atoms with Crippen LogP contribution in [0.1, 0.15) is 45.1 Å². The Morgan fingerprint density at radius 2 is 2.05 bits per heavy atom. The maximum absolute atomic E-state index is 12.5. The Kier molecular flexibility index (Phi) is 3.68. The molecule has 5 heteroatoms. The molecule has 2 N–H and O–H groups in total. The van der Waals surface area contributed by atoms with E-state index < -0.39 is 0 Å². The van der Waals surface area contributed by atoms with Gasteiger partial charge in [-0.2, -0.15) is 5.10 Å². The van der Waals surface area contributed by atoms with E-state index in [0.29, 0.717) is 23.7 Å². The summed E-state index contributed by atoms with van der Waals surface area (Å²) in [6.45, 7) is 3.92. The summed E-state index contributed by atoms with van der Waals surface area (Å²) < 4.78 is 1.95. The molecule has 2 fully saturated rings. The van der Waals surface area contributed by atoms with Crippen molar-refractivity contribution in [2.24, 2.45) is 11.8 Å². The predicted molar refractivity (Wildman–Crippen MR) is 78.0 cm³/mol. The van der Waals surface area contributed by atoms with Crippen molar-refractivity contribution < 1.29 is 4.79 Å². The van der Waals surface area contributed by atoms with Crippen molar-refractivity contribution in [1.82, 2.24) is 14.7 Å². The van der Waals surface area contributed by atoms with Crippen molar-refractivity contribution in [1.29, 1.82) is 0 Å². The average molecular weight is 276 g/mol. The zero-order valence-corrected chi connectivity index (χ0v) is 12.2. The summed E-state index contributed by atoms with van der Waals surface area (Å²) in [6, 6.07) is 2.22. The lowest BCUT2D eigenvalue weighted by Gasteiger charge is -2.34. The Labute approximate surface area is 120 Å². The van der Waals surface area contributed by atoms with Crippen molar-refractivity contribution in [3.63, 3.8) is 0 Å². The maximum Gasteiger partial charge on any atom is 0.225 e. The minimum atomic E-state index is 0.270. The molecular weight excluding hydrogens is 252 g/mol. The molecule has 20 heavy (non-hydrogen) atoms. The van der Waals surface area contributed by atoms with Gasteiger partial charge in [0.25, 0.3) is 0 Å². The third-order valence-corrected chi connectivity index (χ3v) is 4.96. The highest BCUT2D eigenvalue weighted by Gasteiger charge is 2.34. The van der Waals surface area contributed by atoms with Crippen LogP contribution in [0.4, 0.5) is 5.82 Å². The van der Waals surface area contributed by atoms with Gasteiger partial charge in [-0.3, -0.25) is 9.48 Å². The van der Waals surface area contributed by atoms with Crippen LogP contribution in [0.3, 0.4) is 0 Å². The van der Waals surface area contributed by atoms with Gasteiger partial charge in [0.1, 0.15) is 5.82 Å². The van der Waals surface area contributed by atoms with Gasteiger partial charge < -0.3 is 10.6 Å². The predicted octanol–water partition coefficient (Wildman–Crippen LogP) is 2.07. The van der Waals surface area contributed by atoms with Crippen molar-refractivity contribution in [2.45, 2.75) is 45.1 Å². The van der Waals surface area contributed by atoms with Crippen LogP contribution < -0.4 is 5.73 Å². The summed E-state index contributed by atoms with van der Waals surface area (Å²) in [5, 5.41) is 4.28. The average Bonchev–Trinajstić information content (AvgIpc) is 3.07. The molecule has 1 aromatic rings. The molecule has 1 aromatic heterocycles. The molecule has 1 aliphatic carbocycles. The van der Waals surface area contributed by atoms with E-state index in [1.807, 2.05) is 16.9 Å². The van der Waals surface area contributed by atoms with E-state index in [-0.39, 0.29) is 5.92 Å². The van der Waals surface area contributed by atoms with Crippen LogP contribution in [0.2, 0.25) is 0 Å². The first-order valence-electron chi connectivity index (χ1n) is 7.74. The van der Waals surface area contributed by atoms with E-state index in [1.165, 1.54) is 12.8 Å². The van der Waals surface area contributed by atoms with Gasteiger partial charge in [0.05, 0.1) is 6.04 Å². The molecule has 0 aromatic carbocycles. The van der Waals surface area contributed by atoms with Gasteiger partial charge in [0, 0.05) is 25.2 Å². The molecule has 1 aliphatic heterocycles. The van der Waals surface area contributed by atoms with Crippen molar-refractivity contribution in [2.75, 3.05) is 18.8 Å². The van der Waals surface area contributed by atoms with Gasteiger partial charge in [-0.1, -0.05) is 13.3 Å².